The van der Waals surface area contributed by atoms with Crippen LogP contribution in [-0.2, 0) is 7.05 Å². The number of hydrogen-bond acceptors (Lipinski definition) is 2. The van der Waals surface area contributed by atoms with Crippen LogP contribution in [0.25, 0.3) is 11.3 Å². The van der Waals surface area contributed by atoms with Crippen molar-refractivity contribution >= 4 is 21.7 Å². The molecule has 3 nitrogen and oxygen atoms in total. The maximum atomic E-state index is 11.2. The van der Waals surface area contributed by atoms with Crippen molar-refractivity contribution in [2.24, 2.45) is 7.05 Å². The Morgan fingerprint density at radius 3 is 2.62 bits per heavy atom. The topological polar surface area (TPSA) is 34.9 Å². The molecule has 0 atom stereocenters. The molecule has 0 saturated carbocycles. The molecule has 4 heteroatoms. The molecule has 1 heterocycles. The Morgan fingerprint density at radius 1 is 1.38 bits per heavy atom. The van der Waals surface area contributed by atoms with Gasteiger partial charge in [-0.3, -0.25) is 9.48 Å². The van der Waals surface area contributed by atoms with Crippen molar-refractivity contribution < 1.29 is 4.79 Å². The summed E-state index contributed by atoms with van der Waals surface area (Å²) in [4.78, 5) is 11.2. The molecule has 0 aliphatic rings. The van der Waals surface area contributed by atoms with Crippen LogP contribution in [0.1, 0.15) is 17.4 Å². The number of carbonyl (C=O) groups excluding carboxylic acids is 1. The molecule has 2 aromatic rings. The fraction of sp³-hybridized carbons (Fsp3) is 0.167. The van der Waals surface area contributed by atoms with Crippen molar-refractivity contribution in [1.82, 2.24) is 9.78 Å². The van der Waals surface area contributed by atoms with Crippen molar-refractivity contribution in [1.29, 1.82) is 0 Å². The molecule has 0 aliphatic carbocycles. The minimum atomic E-state index is -0.0195. The summed E-state index contributed by atoms with van der Waals surface area (Å²) in [5.74, 6) is -0.0195. The molecule has 0 radical (unpaired) electrons. The summed E-state index contributed by atoms with van der Waals surface area (Å²) in [6.07, 6.45) is 0. The third-order valence-electron chi connectivity index (χ3n) is 2.39. The lowest BCUT2D eigenvalue weighted by Crippen LogP contribution is -1.97. The van der Waals surface area contributed by atoms with E-state index in [1.54, 1.807) is 4.68 Å². The highest BCUT2D eigenvalue weighted by Crippen LogP contribution is 2.27. The van der Waals surface area contributed by atoms with Crippen LogP contribution in [0, 0.1) is 0 Å². The van der Waals surface area contributed by atoms with E-state index in [1.807, 2.05) is 37.4 Å². The van der Waals surface area contributed by atoms with Crippen molar-refractivity contribution in [2.45, 2.75) is 6.92 Å². The van der Waals surface area contributed by atoms with Crippen molar-refractivity contribution in [3.63, 3.8) is 0 Å². The quantitative estimate of drug-likeness (QED) is 0.792. The molecule has 0 fully saturated rings. The van der Waals surface area contributed by atoms with Crippen LogP contribution in [-0.4, -0.2) is 15.6 Å². The van der Waals surface area contributed by atoms with Crippen LogP contribution in [0.5, 0.6) is 0 Å². The first kappa shape index (κ1) is 11.1. The smallest absolute Gasteiger partial charge is 0.180 e. The number of aromatic nitrogens is 2. The second-order valence-corrected chi connectivity index (χ2v) is 4.43. The molecule has 0 spiro atoms. The van der Waals surface area contributed by atoms with Crippen molar-refractivity contribution in [3.8, 4) is 11.3 Å². The Balaban J connectivity index is 2.57. The summed E-state index contributed by atoms with van der Waals surface area (Å²) in [5, 5.41) is 4.17. The van der Waals surface area contributed by atoms with Gasteiger partial charge in [0.05, 0.1) is 5.69 Å². The van der Waals surface area contributed by atoms with E-state index in [4.69, 9.17) is 0 Å². The van der Waals surface area contributed by atoms with E-state index in [0.717, 1.165) is 15.7 Å². The Morgan fingerprint density at radius 2 is 2.06 bits per heavy atom. The number of carbonyl (C=O) groups is 1. The number of Topliss-reactive ketones (excluding diaryl/α,β-unsaturated/α-hetero) is 1. The first-order valence-electron chi connectivity index (χ1n) is 4.89. The van der Waals surface area contributed by atoms with Gasteiger partial charge in [0.1, 0.15) is 5.69 Å². The minimum absolute atomic E-state index is 0.0195. The lowest BCUT2D eigenvalue weighted by molar-refractivity contribution is 0.101. The van der Waals surface area contributed by atoms with E-state index in [9.17, 15) is 4.79 Å². The number of halogens is 1. The fourth-order valence-corrected chi connectivity index (χ4v) is 2.05. The molecule has 1 aromatic carbocycles. The normalized spacial score (nSPS) is 10.4. The van der Waals surface area contributed by atoms with Crippen LogP contribution in [0.3, 0.4) is 0 Å². The number of aryl methyl sites for hydroxylation is 1. The highest BCUT2D eigenvalue weighted by atomic mass is 79.9. The fourth-order valence-electron chi connectivity index (χ4n) is 1.56. The van der Waals surface area contributed by atoms with E-state index in [1.165, 1.54) is 6.92 Å². The molecule has 0 aliphatic heterocycles. The van der Waals surface area contributed by atoms with E-state index < -0.39 is 0 Å². The zero-order chi connectivity index (χ0) is 11.7. The summed E-state index contributed by atoms with van der Waals surface area (Å²) >= 11 is 3.49. The van der Waals surface area contributed by atoms with Crippen LogP contribution < -0.4 is 0 Å². The Bertz CT molecular complexity index is 546. The van der Waals surface area contributed by atoms with Gasteiger partial charge in [0, 0.05) is 24.0 Å². The predicted molar refractivity (Wildman–Crippen MR) is 66.3 cm³/mol. The van der Waals surface area contributed by atoms with Gasteiger partial charge in [0.2, 0.25) is 0 Å². The summed E-state index contributed by atoms with van der Waals surface area (Å²) in [6.45, 7) is 1.52. The van der Waals surface area contributed by atoms with Gasteiger partial charge in [0.25, 0.3) is 0 Å². The highest BCUT2D eigenvalue weighted by molar-refractivity contribution is 9.10. The zero-order valence-electron chi connectivity index (χ0n) is 9.07. The Kier molecular flexibility index (Phi) is 2.92. The zero-order valence-corrected chi connectivity index (χ0v) is 10.7. The first-order chi connectivity index (χ1) is 7.59. The lowest BCUT2D eigenvalue weighted by Gasteiger charge is -2.03. The van der Waals surface area contributed by atoms with Crippen LogP contribution >= 0.6 is 15.9 Å². The minimum Gasteiger partial charge on any atom is -0.293 e. The van der Waals surface area contributed by atoms with E-state index in [0.29, 0.717) is 5.69 Å². The molecule has 0 bridgehead atoms. The highest BCUT2D eigenvalue weighted by Gasteiger charge is 2.11. The monoisotopic (exact) mass is 278 g/mol. The van der Waals surface area contributed by atoms with Crippen molar-refractivity contribution in [3.05, 3.63) is 40.5 Å². The molecule has 2 rings (SSSR count). The third kappa shape index (κ3) is 1.93. The van der Waals surface area contributed by atoms with Gasteiger partial charge >= 0.3 is 0 Å². The maximum Gasteiger partial charge on any atom is 0.180 e. The van der Waals surface area contributed by atoms with Gasteiger partial charge < -0.3 is 0 Å². The summed E-state index contributed by atoms with van der Waals surface area (Å²) in [5.41, 5.74) is 2.45. The molecule has 16 heavy (non-hydrogen) atoms. The number of ketones is 1. The van der Waals surface area contributed by atoms with Crippen LogP contribution in [0.2, 0.25) is 0 Å². The molecule has 0 amide bonds. The SMILES string of the molecule is CC(=O)c1cc(-c2ccccc2Br)n(C)n1. The van der Waals surface area contributed by atoms with Crippen molar-refractivity contribution in [2.75, 3.05) is 0 Å². The molecule has 82 valence electrons. The predicted octanol–water partition coefficient (Wildman–Crippen LogP) is 3.05. The van der Waals surface area contributed by atoms with Gasteiger partial charge in [-0.15, -0.1) is 0 Å². The number of nitrogens with zero attached hydrogens (tertiary/aromatic N) is 2. The van der Waals surface area contributed by atoms with E-state index in [-0.39, 0.29) is 5.78 Å². The average Bonchev–Trinajstić information content (AvgIpc) is 2.61. The van der Waals surface area contributed by atoms with E-state index in [2.05, 4.69) is 21.0 Å². The van der Waals surface area contributed by atoms with Crippen LogP contribution in [0.4, 0.5) is 0 Å². The standard InChI is InChI=1S/C12H11BrN2O/c1-8(16)11-7-12(15(2)14-11)9-5-3-4-6-10(9)13/h3-7H,1-2H3. The third-order valence-corrected chi connectivity index (χ3v) is 3.08. The molecule has 0 saturated heterocycles. The van der Waals surface area contributed by atoms with Gasteiger partial charge in [-0.05, 0) is 12.1 Å². The van der Waals surface area contributed by atoms with Gasteiger partial charge in [-0.1, -0.05) is 34.1 Å². The molecular weight excluding hydrogens is 268 g/mol. The largest absolute Gasteiger partial charge is 0.293 e. The van der Waals surface area contributed by atoms with Crippen LogP contribution in [0.15, 0.2) is 34.8 Å². The molecule has 0 N–H and O–H groups in total. The second kappa shape index (κ2) is 4.22. The molecule has 1 aromatic heterocycles. The average molecular weight is 279 g/mol. The number of benzene rings is 1. The molecule has 0 unspecified atom stereocenters. The maximum absolute atomic E-state index is 11.2. The van der Waals surface area contributed by atoms with E-state index >= 15 is 0 Å². The lowest BCUT2D eigenvalue weighted by atomic mass is 10.1. The van der Waals surface area contributed by atoms with Gasteiger partial charge in [0.15, 0.2) is 5.78 Å². The second-order valence-electron chi connectivity index (χ2n) is 3.57. The number of rotatable bonds is 2. The summed E-state index contributed by atoms with van der Waals surface area (Å²) in [6, 6.07) is 9.68. The first-order valence-corrected chi connectivity index (χ1v) is 5.69. The Hall–Kier alpha value is -1.42. The Labute approximate surface area is 102 Å². The van der Waals surface area contributed by atoms with Gasteiger partial charge in [-0.2, -0.15) is 5.10 Å². The molecular formula is C12H11BrN2O. The summed E-state index contributed by atoms with van der Waals surface area (Å²) < 4.78 is 2.71. The van der Waals surface area contributed by atoms with Gasteiger partial charge in [-0.25, -0.2) is 0 Å². The number of hydrogen-bond donors (Lipinski definition) is 0. The summed E-state index contributed by atoms with van der Waals surface area (Å²) in [7, 11) is 1.83.